The van der Waals surface area contributed by atoms with E-state index in [-0.39, 0.29) is 18.6 Å². The van der Waals surface area contributed by atoms with E-state index in [2.05, 4.69) is 38.5 Å². The summed E-state index contributed by atoms with van der Waals surface area (Å²) in [4.78, 5) is 55.1. The molecule has 32 heavy (non-hydrogen) atoms. The van der Waals surface area contributed by atoms with E-state index in [0.717, 1.165) is 5.56 Å². The molecule has 11 nitrogen and oxygen atoms in total. The van der Waals surface area contributed by atoms with Gasteiger partial charge in [-0.1, -0.05) is 30.3 Å². The van der Waals surface area contributed by atoms with Gasteiger partial charge in [0.15, 0.2) is 0 Å². The van der Waals surface area contributed by atoms with Gasteiger partial charge in [-0.05, 0) is 5.56 Å². The van der Waals surface area contributed by atoms with Gasteiger partial charge in [-0.2, -0.15) is 12.6 Å². The summed E-state index contributed by atoms with van der Waals surface area (Å²) in [6.07, 6.45) is 3.04. The van der Waals surface area contributed by atoms with Gasteiger partial charge in [-0.25, -0.2) is 9.78 Å². The van der Waals surface area contributed by atoms with E-state index >= 15 is 0 Å². The van der Waals surface area contributed by atoms with Gasteiger partial charge in [0.05, 0.1) is 18.9 Å². The minimum Gasteiger partial charge on any atom is -0.480 e. The monoisotopic (exact) mass is 462 g/mol. The predicted octanol–water partition coefficient (Wildman–Crippen LogP) is -1.38. The van der Waals surface area contributed by atoms with Crippen LogP contribution in [-0.2, 0) is 32.0 Å². The van der Waals surface area contributed by atoms with E-state index < -0.39 is 48.4 Å². The molecule has 3 unspecified atom stereocenters. The van der Waals surface area contributed by atoms with Crippen LogP contribution >= 0.6 is 12.6 Å². The lowest BCUT2D eigenvalue weighted by Gasteiger charge is -2.20. The largest absolute Gasteiger partial charge is 0.480 e. The maximum atomic E-state index is 12.7. The molecule has 12 heteroatoms. The van der Waals surface area contributed by atoms with Crippen LogP contribution in [0, 0.1) is 0 Å². The number of carboxylic acids is 1. The van der Waals surface area contributed by atoms with E-state index in [9.17, 15) is 24.3 Å². The lowest BCUT2D eigenvalue weighted by molar-refractivity contribution is -0.141. The van der Waals surface area contributed by atoms with Crippen LogP contribution in [0.3, 0.4) is 0 Å². The molecular weight excluding hydrogens is 436 g/mol. The fraction of sp³-hybridized carbons (Fsp3) is 0.350. The van der Waals surface area contributed by atoms with Crippen molar-refractivity contribution < 1.29 is 24.3 Å². The van der Waals surface area contributed by atoms with Gasteiger partial charge < -0.3 is 31.8 Å². The van der Waals surface area contributed by atoms with Crippen LogP contribution in [0.25, 0.3) is 0 Å². The Labute approximate surface area is 190 Å². The first-order valence-electron chi connectivity index (χ1n) is 9.78. The molecular formula is C20H26N6O5S. The predicted molar refractivity (Wildman–Crippen MR) is 119 cm³/mol. The van der Waals surface area contributed by atoms with Gasteiger partial charge in [0, 0.05) is 30.5 Å². The maximum Gasteiger partial charge on any atom is 0.326 e. The number of H-pyrrole nitrogens is 1. The van der Waals surface area contributed by atoms with E-state index in [1.165, 1.54) is 12.5 Å². The number of hydrogen-bond acceptors (Lipinski definition) is 7. The van der Waals surface area contributed by atoms with Gasteiger partial charge in [-0.3, -0.25) is 14.4 Å². The molecule has 2 aromatic rings. The molecule has 0 bridgehead atoms. The molecule has 7 N–H and O–H groups in total. The third-order valence-corrected chi connectivity index (χ3v) is 4.88. The average Bonchev–Trinajstić information content (AvgIpc) is 3.29. The number of aromatic nitrogens is 2. The Kier molecular flexibility index (Phi) is 9.70. The van der Waals surface area contributed by atoms with E-state index in [1.807, 2.05) is 6.07 Å². The molecule has 0 aliphatic carbocycles. The molecule has 0 radical (unpaired) electrons. The van der Waals surface area contributed by atoms with Crippen LogP contribution in [0.15, 0.2) is 42.9 Å². The van der Waals surface area contributed by atoms with Crippen molar-refractivity contribution in [3.05, 3.63) is 54.1 Å². The highest BCUT2D eigenvalue weighted by Crippen LogP contribution is 2.04. The first-order valence-corrected chi connectivity index (χ1v) is 10.4. The standard InChI is InChI=1S/C20H26N6O5S/c21-14(10-32)18(28)26-15(6-12-4-2-1-3-5-12)19(29)23-9-17(27)25-16(20(30)31)7-13-8-22-11-24-13/h1-5,8,11,14-16,32H,6-7,9-10,21H2,(H,22,24)(H,23,29)(H,25,27)(H,26,28)(H,30,31). The van der Waals surface area contributed by atoms with E-state index in [1.54, 1.807) is 24.3 Å². The van der Waals surface area contributed by atoms with Crippen molar-refractivity contribution in [2.45, 2.75) is 31.0 Å². The summed E-state index contributed by atoms with van der Waals surface area (Å²) in [6.45, 7) is -0.467. The number of rotatable bonds is 12. The minimum absolute atomic E-state index is 0.00330. The number of carboxylic acid groups (broad SMARTS) is 1. The molecule has 1 aromatic carbocycles. The fourth-order valence-electron chi connectivity index (χ4n) is 2.77. The van der Waals surface area contributed by atoms with Crippen molar-refractivity contribution >= 4 is 36.3 Å². The summed E-state index contributed by atoms with van der Waals surface area (Å²) in [6, 6.07) is 5.92. The first kappa shape index (κ1) is 24.9. The quantitative estimate of drug-likeness (QED) is 0.190. The normalized spacial score (nSPS) is 13.4. The number of nitrogens with zero attached hydrogens (tertiary/aromatic N) is 1. The second-order valence-corrected chi connectivity index (χ2v) is 7.36. The molecule has 1 aromatic heterocycles. The van der Waals surface area contributed by atoms with Crippen molar-refractivity contribution in [3.63, 3.8) is 0 Å². The van der Waals surface area contributed by atoms with Crippen LogP contribution < -0.4 is 21.7 Å². The molecule has 0 saturated heterocycles. The van der Waals surface area contributed by atoms with Crippen LogP contribution in [0.1, 0.15) is 11.3 Å². The molecule has 3 amide bonds. The Hall–Kier alpha value is -3.38. The number of aromatic amines is 1. The van der Waals surface area contributed by atoms with Gasteiger partial charge in [-0.15, -0.1) is 0 Å². The first-order chi connectivity index (χ1) is 15.3. The van der Waals surface area contributed by atoms with Crippen LogP contribution in [-0.4, -0.2) is 69.2 Å². The molecule has 0 aliphatic heterocycles. The molecule has 0 fully saturated rings. The van der Waals surface area contributed by atoms with Crippen LogP contribution in [0.4, 0.5) is 0 Å². The van der Waals surface area contributed by atoms with E-state index in [0.29, 0.717) is 5.69 Å². The Morgan fingerprint density at radius 2 is 1.78 bits per heavy atom. The Balaban J connectivity index is 1.96. The molecule has 0 spiro atoms. The minimum atomic E-state index is -1.23. The summed E-state index contributed by atoms with van der Waals surface area (Å²) in [5.41, 5.74) is 7.00. The summed E-state index contributed by atoms with van der Waals surface area (Å²) in [7, 11) is 0. The van der Waals surface area contributed by atoms with Crippen molar-refractivity contribution in [1.29, 1.82) is 0 Å². The molecule has 0 aliphatic rings. The van der Waals surface area contributed by atoms with Gasteiger partial charge in [0.25, 0.3) is 0 Å². The highest BCUT2D eigenvalue weighted by Gasteiger charge is 2.25. The number of imidazole rings is 1. The molecule has 1 heterocycles. The van der Waals surface area contributed by atoms with Crippen molar-refractivity contribution in [3.8, 4) is 0 Å². The summed E-state index contributed by atoms with van der Waals surface area (Å²) >= 11 is 3.98. The average molecular weight is 463 g/mol. The van der Waals surface area contributed by atoms with Crippen LogP contribution in [0.2, 0.25) is 0 Å². The Bertz CT molecular complexity index is 908. The molecule has 172 valence electrons. The zero-order valence-corrected chi connectivity index (χ0v) is 18.0. The maximum absolute atomic E-state index is 12.7. The lowest BCUT2D eigenvalue weighted by atomic mass is 10.0. The molecule has 2 rings (SSSR count). The Morgan fingerprint density at radius 1 is 1.06 bits per heavy atom. The van der Waals surface area contributed by atoms with Gasteiger partial charge in [0.2, 0.25) is 17.7 Å². The number of nitrogens with one attached hydrogen (secondary N) is 4. The molecule has 0 saturated carbocycles. The molecule has 3 atom stereocenters. The smallest absolute Gasteiger partial charge is 0.326 e. The third kappa shape index (κ3) is 8.04. The number of hydrogen-bond donors (Lipinski definition) is 7. The number of carbonyl (C=O) groups is 4. The Morgan fingerprint density at radius 3 is 2.38 bits per heavy atom. The second-order valence-electron chi connectivity index (χ2n) is 7.00. The fourth-order valence-corrected chi connectivity index (χ4v) is 2.94. The summed E-state index contributed by atoms with van der Waals surface area (Å²) < 4.78 is 0. The number of carbonyl (C=O) groups excluding carboxylic acids is 3. The number of benzene rings is 1. The number of aliphatic carboxylic acids is 1. The number of amides is 3. The van der Waals surface area contributed by atoms with Gasteiger partial charge in [0.1, 0.15) is 12.1 Å². The van der Waals surface area contributed by atoms with E-state index in [4.69, 9.17) is 5.73 Å². The zero-order valence-electron chi connectivity index (χ0n) is 17.2. The zero-order chi connectivity index (χ0) is 23.5. The summed E-state index contributed by atoms with van der Waals surface area (Å²) in [5.74, 6) is -2.98. The van der Waals surface area contributed by atoms with Crippen molar-refractivity contribution in [2.75, 3.05) is 12.3 Å². The van der Waals surface area contributed by atoms with Crippen molar-refractivity contribution in [2.24, 2.45) is 5.73 Å². The SMILES string of the molecule is NC(CS)C(=O)NC(Cc1ccccc1)C(=O)NCC(=O)NC(Cc1cnc[nH]1)C(=O)O. The third-order valence-electron chi connectivity index (χ3n) is 4.48. The summed E-state index contributed by atoms with van der Waals surface area (Å²) in [5, 5.41) is 16.7. The van der Waals surface area contributed by atoms with Gasteiger partial charge >= 0.3 is 5.97 Å². The second kappa shape index (κ2) is 12.5. The highest BCUT2D eigenvalue weighted by atomic mass is 32.1. The van der Waals surface area contributed by atoms with Crippen molar-refractivity contribution in [1.82, 2.24) is 25.9 Å². The number of nitrogens with two attached hydrogens (primary N) is 1. The lowest BCUT2D eigenvalue weighted by Crippen LogP contribution is -2.54. The van der Waals surface area contributed by atoms with Crippen LogP contribution in [0.5, 0.6) is 0 Å². The number of thiol groups is 1. The topological polar surface area (TPSA) is 179 Å². The highest BCUT2D eigenvalue weighted by molar-refractivity contribution is 7.80.